The van der Waals surface area contributed by atoms with E-state index in [-0.39, 0.29) is 46.8 Å². The number of halogens is 2. The van der Waals surface area contributed by atoms with Crippen LogP contribution in [0, 0.1) is 10.1 Å². The molecule has 164 valence electrons. The maximum absolute atomic E-state index is 13.8. The summed E-state index contributed by atoms with van der Waals surface area (Å²) in [6.45, 7) is -2.35. The molecule has 3 aromatic rings. The van der Waals surface area contributed by atoms with Crippen LogP contribution >= 0.6 is 11.8 Å². The number of morpholine rings is 1. The number of fused-ring (bicyclic) bond motifs is 1. The first-order valence-corrected chi connectivity index (χ1v) is 11.3. The monoisotopic (exact) mass is 470 g/mol. The third kappa shape index (κ3) is 4.13. The van der Waals surface area contributed by atoms with Crippen LogP contribution in [0.1, 0.15) is 6.55 Å². The van der Waals surface area contributed by atoms with Crippen LogP contribution in [0.3, 0.4) is 0 Å². The topological polar surface area (TPSA) is 108 Å². The molecule has 0 amide bonds. The van der Waals surface area contributed by atoms with Crippen LogP contribution < -0.4 is 0 Å². The highest BCUT2D eigenvalue weighted by Gasteiger charge is 2.31. The number of sulfonamides is 1. The zero-order valence-electron chi connectivity index (χ0n) is 15.8. The summed E-state index contributed by atoms with van der Waals surface area (Å²) in [7, 11) is -4.13. The number of nitrogens with zero attached hydrogens (tertiary/aromatic N) is 4. The Morgan fingerprint density at radius 3 is 2.55 bits per heavy atom. The average Bonchev–Trinajstić information content (AvgIpc) is 3.12. The quantitative estimate of drug-likeness (QED) is 0.401. The highest BCUT2D eigenvalue weighted by Crippen LogP contribution is 2.38. The molecule has 0 spiro atoms. The van der Waals surface area contributed by atoms with Gasteiger partial charge in [0.1, 0.15) is 4.90 Å². The van der Waals surface area contributed by atoms with Crippen molar-refractivity contribution in [3.8, 4) is 0 Å². The summed E-state index contributed by atoms with van der Waals surface area (Å²) in [5.74, 6) is 0. The molecule has 0 bridgehead atoms. The number of nitro benzene ring substituents is 1. The summed E-state index contributed by atoms with van der Waals surface area (Å²) in [5, 5.41) is 11.1. The smallest absolute Gasteiger partial charge is 0.321 e. The molecule has 0 unspecified atom stereocenters. The van der Waals surface area contributed by atoms with Gasteiger partial charge in [-0.2, -0.15) is 13.1 Å². The van der Waals surface area contributed by atoms with E-state index in [1.54, 1.807) is 18.2 Å². The molecule has 9 nitrogen and oxygen atoms in total. The molecule has 31 heavy (non-hydrogen) atoms. The van der Waals surface area contributed by atoms with E-state index in [1.165, 1.54) is 12.1 Å². The second-order valence-corrected chi connectivity index (χ2v) is 9.45. The summed E-state index contributed by atoms with van der Waals surface area (Å²) < 4.78 is 61.0. The van der Waals surface area contributed by atoms with E-state index in [4.69, 9.17) is 4.74 Å². The van der Waals surface area contributed by atoms with Gasteiger partial charge in [-0.15, -0.1) is 0 Å². The summed E-state index contributed by atoms with van der Waals surface area (Å²) >= 11 is 0.718. The molecule has 0 aliphatic carbocycles. The largest absolute Gasteiger partial charge is 0.379 e. The van der Waals surface area contributed by atoms with Gasteiger partial charge in [-0.3, -0.25) is 14.7 Å². The van der Waals surface area contributed by atoms with E-state index in [0.29, 0.717) is 10.1 Å². The molecule has 0 radical (unpaired) electrons. The van der Waals surface area contributed by atoms with Crippen LogP contribution in [0.15, 0.2) is 57.4 Å². The van der Waals surface area contributed by atoms with Gasteiger partial charge >= 0.3 is 6.55 Å². The number of non-ortho nitro benzene ring substituents is 1. The van der Waals surface area contributed by atoms with Gasteiger partial charge in [0.25, 0.3) is 5.69 Å². The Hall–Kier alpha value is -2.61. The van der Waals surface area contributed by atoms with Crippen molar-refractivity contribution in [2.75, 3.05) is 26.3 Å². The molecule has 1 saturated heterocycles. The SMILES string of the molecule is O=[N+]([O-])c1ccc(Sc2nc3ccccc3n2C(F)F)c(S(=O)(=O)N2CCOCC2)c1. The van der Waals surface area contributed by atoms with E-state index >= 15 is 0 Å². The second kappa shape index (κ2) is 8.49. The van der Waals surface area contributed by atoms with Crippen molar-refractivity contribution in [1.29, 1.82) is 0 Å². The summed E-state index contributed by atoms with van der Waals surface area (Å²) in [5.41, 5.74) is 0.0999. The minimum atomic E-state index is -4.13. The maximum Gasteiger partial charge on any atom is 0.321 e. The Balaban J connectivity index is 1.83. The number of imidazole rings is 1. The third-order valence-corrected chi connectivity index (χ3v) is 7.80. The molecule has 1 aromatic heterocycles. The first-order valence-electron chi connectivity index (χ1n) is 9.08. The minimum absolute atomic E-state index is 0.0642. The number of nitro groups is 1. The Labute approximate surface area is 179 Å². The van der Waals surface area contributed by atoms with Crippen LogP contribution in [0.25, 0.3) is 11.0 Å². The lowest BCUT2D eigenvalue weighted by Crippen LogP contribution is -2.40. The number of para-hydroxylation sites is 2. The predicted octanol–water partition coefficient (Wildman–Crippen LogP) is 3.51. The van der Waals surface area contributed by atoms with Gasteiger partial charge in [0.15, 0.2) is 5.16 Å². The van der Waals surface area contributed by atoms with Gasteiger partial charge in [0.05, 0.1) is 29.2 Å². The molecule has 1 aliphatic heterocycles. The number of ether oxygens (including phenoxy) is 1. The van der Waals surface area contributed by atoms with Gasteiger partial charge in [-0.25, -0.2) is 13.4 Å². The van der Waals surface area contributed by atoms with E-state index in [9.17, 15) is 27.3 Å². The van der Waals surface area contributed by atoms with Gasteiger partial charge in [-0.1, -0.05) is 23.9 Å². The van der Waals surface area contributed by atoms with Crippen LogP contribution in [0.5, 0.6) is 0 Å². The third-order valence-electron chi connectivity index (χ3n) is 4.69. The van der Waals surface area contributed by atoms with E-state index in [0.717, 1.165) is 28.2 Å². The minimum Gasteiger partial charge on any atom is -0.379 e. The van der Waals surface area contributed by atoms with Crippen molar-refractivity contribution >= 4 is 38.5 Å². The van der Waals surface area contributed by atoms with Crippen LogP contribution in [-0.4, -0.2) is 53.5 Å². The number of hydrogen-bond acceptors (Lipinski definition) is 7. The molecule has 0 saturated carbocycles. The van der Waals surface area contributed by atoms with Crippen LogP contribution in [-0.2, 0) is 14.8 Å². The fourth-order valence-corrected chi connectivity index (χ4v) is 6.06. The molecular formula is C18H16F2N4O5S2. The molecule has 13 heteroatoms. The highest BCUT2D eigenvalue weighted by molar-refractivity contribution is 8.00. The zero-order valence-corrected chi connectivity index (χ0v) is 17.5. The average molecular weight is 470 g/mol. The Bertz CT molecular complexity index is 1240. The number of aromatic nitrogens is 2. The number of benzene rings is 2. The predicted molar refractivity (Wildman–Crippen MR) is 108 cm³/mol. The van der Waals surface area contributed by atoms with Gasteiger partial charge in [0, 0.05) is 30.1 Å². The fraction of sp³-hybridized carbons (Fsp3) is 0.278. The lowest BCUT2D eigenvalue weighted by molar-refractivity contribution is -0.385. The maximum atomic E-state index is 13.8. The highest BCUT2D eigenvalue weighted by atomic mass is 32.2. The van der Waals surface area contributed by atoms with Gasteiger partial charge in [0.2, 0.25) is 10.0 Å². The van der Waals surface area contributed by atoms with Gasteiger partial charge in [-0.05, 0) is 18.2 Å². The lowest BCUT2D eigenvalue weighted by Gasteiger charge is -2.26. The molecule has 1 fully saturated rings. The van der Waals surface area contributed by atoms with Crippen molar-refractivity contribution < 1.29 is 26.9 Å². The summed E-state index contributed by atoms with van der Waals surface area (Å²) in [6, 6.07) is 9.63. The number of rotatable bonds is 6. The molecule has 4 rings (SSSR count). The Morgan fingerprint density at radius 1 is 1.16 bits per heavy atom. The zero-order chi connectivity index (χ0) is 22.2. The molecule has 1 aliphatic rings. The summed E-state index contributed by atoms with van der Waals surface area (Å²) in [4.78, 5) is 14.5. The lowest BCUT2D eigenvalue weighted by atomic mass is 10.3. The van der Waals surface area contributed by atoms with Crippen molar-refractivity contribution in [1.82, 2.24) is 13.9 Å². The molecule has 0 atom stereocenters. The fourth-order valence-electron chi connectivity index (χ4n) is 3.20. The molecular weight excluding hydrogens is 454 g/mol. The first kappa shape index (κ1) is 21.6. The molecule has 2 aromatic carbocycles. The second-order valence-electron chi connectivity index (χ2n) is 6.54. The van der Waals surface area contributed by atoms with E-state index < -0.39 is 27.2 Å². The molecule has 0 N–H and O–H groups in total. The molecule has 2 heterocycles. The first-order chi connectivity index (χ1) is 14.8. The van der Waals surface area contributed by atoms with Crippen molar-refractivity contribution in [3.63, 3.8) is 0 Å². The van der Waals surface area contributed by atoms with E-state index in [2.05, 4.69) is 4.98 Å². The normalized spacial score (nSPS) is 15.6. The van der Waals surface area contributed by atoms with Crippen molar-refractivity contribution in [2.24, 2.45) is 0 Å². The summed E-state index contributed by atoms with van der Waals surface area (Å²) in [6.07, 6.45) is 0. The number of hydrogen-bond donors (Lipinski definition) is 0. The van der Waals surface area contributed by atoms with Crippen LogP contribution in [0.2, 0.25) is 0 Å². The van der Waals surface area contributed by atoms with Crippen molar-refractivity contribution in [2.45, 2.75) is 21.5 Å². The van der Waals surface area contributed by atoms with Crippen molar-refractivity contribution in [3.05, 3.63) is 52.6 Å². The number of alkyl halides is 2. The van der Waals surface area contributed by atoms with Crippen LogP contribution in [0.4, 0.5) is 14.5 Å². The van der Waals surface area contributed by atoms with Gasteiger partial charge < -0.3 is 4.74 Å². The Morgan fingerprint density at radius 2 is 1.87 bits per heavy atom. The standard InChI is InChI=1S/C18H16F2N4O5S2/c19-17(20)23-14-4-2-1-3-13(14)21-18(23)30-15-6-5-12(24(25)26)11-16(15)31(27,28)22-7-9-29-10-8-22/h1-6,11,17H,7-10H2. The van der Waals surface area contributed by atoms with E-state index in [1.807, 2.05) is 0 Å². The Kier molecular flexibility index (Phi) is 5.92.